The molecule has 1 aliphatic rings. The Balaban J connectivity index is 2.02. The van der Waals surface area contributed by atoms with E-state index in [4.69, 9.17) is 5.11 Å². The zero-order valence-corrected chi connectivity index (χ0v) is 11.0. The van der Waals surface area contributed by atoms with Gasteiger partial charge in [-0.3, -0.25) is 4.79 Å². The van der Waals surface area contributed by atoms with Crippen molar-refractivity contribution in [2.24, 2.45) is 5.92 Å². The van der Waals surface area contributed by atoms with Crippen molar-refractivity contribution in [3.05, 3.63) is 35.4 Å². The lowest BCUT2D eigenvalue weighted by molar-refractivity contribution is -0.142. The Bertz CT molecular complexity index is 681. The largest absolute Gasteiger partial charge is 0.481 e. The minimum atomic E-state index is -0.814. The lowest BCUT2D eigenvalue weighted by Crippen LogP contribution is -2.27. The van der Waals surface area contributed by atoms with Crippen molar-refractivity contribution >= 4 is 5.97 Å². The Labute approximate surface area is 115 Å². The Kier molecular flexibility index (Phi) is 3.00. The molecule has 6 heteroatoms. The van der Waals surface area contributed by atoms with E-state index in [1.165, 1.54) is 6.07 Å². The minimum absolute atomic E-state index is 0.301. The second kappa shape index (κ2) is 4.70. The molecule has 1 unspecified atom stereocenters. The van der Waals surface area contributed by atoms with Crippen LogP contribution in [0.3, 0.4) is 0 Å². The van der Waals surface area contributed by atoms with Crippen molar-refractivity contribution in [2.75, 3.05) is 0 Å². The summed E-state index contributed by atoms with van der Waals surface area (Å²) in [5.41, 5.74) is 1.19. The maximum absolute atomic E-state index is 13.7. The number of halogens is 1. The number of carboxylic acid groups (broad SMARTS) is 1. The zero-order valence-electron chi connectivity index (χ0n) is 11.0. The molecule has 0 fully saturated rings. The van der Waals surface area contributed by atoms with Crippen molar-refractivity contribution < 1.29 is 14.3 Å². The van der Waals surface area contributed by atoms with Crippen LogP contribution in [0.25, 0.3) is 11.4 Å². The summed E-state index contributed by atoms with van der Waals surface area (Å²) in [6, 6.07) is 4.88. The Morgan fingerprint density at radius 3 is 2.95 bits per heavy atom. The van der Waals surface area contributed by atoms with Crippen LogP contribution >= 0.6 is 0 Å². The van der Waals surface area contributed by atoms with Gasteiger partial charge in [-0.05, 0) is 25.0 Å². The Morgan fingerprint density at radius 2 is 2.25 bits per heavy atom. The predicted octanol–water partition coefficient (Wildman–Crippen LogP) is 2.04. The van der Waals surface area contributed by atoms with Gasteiger partial charge in [0.05, 0.1) is 5.92 Å². The molecule has 5 nitrogen and oxygen atoms in total. The van der Waals surface area contributed by atoms with E-state index < -0.39 is 11.9 Å². The van der Waals surface area contributed by atoms with E-state index in [9.17, 15) is 9.18 Å². The number of aromatic nitrogens is 3. The van der Waals surface area contributed by atoms with Crippen molar-refractivity contribution in [2.45, 2.75) is 26.3 Å². The fourth-order valence-electron chi connectivity index (χ4n) is 2.47. The van der Waals surface area contributed by atoms with Crippen LogP contribution in [0.1, 0.15) is 17.8 Å². The number of aliphatic carboxylic acids is 1. The Hall–Kier alpha value is -2.24. The van der Waals surface area contributed by atoms with Crippen LogP contribution in [0.2, 0.25) is 0 Å². The standard InChI is InChI=1S/C14H14FN3O2/c1-8-2-3-9(6-11(8)15)13-17-16-12-5-4-10(14(19)20)7-18(12)13/h2-3,6,10H,4-5,7H2,1H3,(H,19,20). The van der Waals surface area contributed by atoms with Crippen LogP contribution < -0.4 is 0 Å². The summed E-state index contributed by atoms with van der Waals surface area (Å²) >= 11 is 0. The van der Waals surface area contributed by atoms with Crippen molar-refractivity contribution in [3.8, 4) is 11.4 Å². The number of aryl methyl sites for hydroxylation is 2. The molecule has 0 spiro atoms. The summed E-state index contributed by atoms with van der Waals surface area (Å²) in [5.74, 6) is -0.258. The van der Waals surface area contributed by atoms with Crippen LogP contribution in [-0.2, 0) is 17.8 Å². The molecule has 1 aromatic heterocycles. The van der Waals surface area contributed by atoms with Gasteiger partial charge in [0.1, 0.15) is 11.6 Å². The normalized spacial score (nSPS) is 17.8. The summed E-state index contributed by atoms with van der Waals surface area (Å²) in [5, 5.41) is 17.3. The monoisotopic (exact) mass is 275 g/mol. The van der Waals surface area contributed by atoms with E-state index in [1.807, 2.05) is 0 Å². The second-order valence-corrected chi connectivity index (χ2v) is 5.09. The van der Waals surface area contributed by atoms with Gasteiger partial charge in [-0.25, -0.2) is 4.39 Å². The number of carboxylic acids is 1. The molecule has 104 valence electrons. The number of carbonyl (C=O) groups is 1. The van der Waals surface area contributed by atoms with E-state index >= 15 is 0 Å². The number of rotatable bonds is 2. The smallest absolute Gasteiger partial charge is 0.308 e. The van der Waals surface area contributed by atoms with Crippen molar-refractivity contribution in [1.82, 2.24) is 14.8 Å². The van der Waals surface area contributed by atoms with E-state index in [1.54, 1.807) is 23.6 Å². The van der Waals surface area contributed by atoms with Gasteiger partial charge in [0.2, 0.25) is 0 Å². The number of benzene rings is 1. The van der Waals surface area contributed by atoms with Crippen LogP contribution in [0.15, 0.2) is 18.2 Å². The first-order valence-electron chi connectivity index (χ1n) is 6.47. The molecule has 2 heterocycles. The zero-order chi connectivity index (χ0) is 14.3. The summed E-state index contributed by atoms with van der Waals surface area (Å²) in [7, 11) is 0. The molecular weight excluding hydrogens is 261 g/mol. The van der Waals surface area contributed by atoms with E-state index in [2.05, 4.69) is 10.2 Å². The molecule has 20 heavy (non-hydrogen) atoms. The van der Waals surface area contributed by atoms with Gasteiger partial charge in [0, 0.05) is 18.5 Å². The summed E-state index contributed by atoms with van der Waals surface area (Å²) in [6.07, 6.45) is 1.15. The van der Waals surface area contributed by atoms with Crippen molar-refractivity contribution in [3.63, 3.8) is 0 Å². The fraction of sp³-hybridized carbons (Fsp3) is 0.357. The van der Waals surface area contributed by atoms with Gasteiger partial charge >= 0.3 is 5.97 Å². The van der Waals surface area contributed by atoms with E-state index in [-0.39, 0.29) is 5.82 Å². The first kappa shape index (κ1) is 12.8. The maximum Gasteiger partial charge on any atom is 0.308 e. The second-order valence-electron chi connectivity index (χ2n) is 5.09. The molecule has 1 aliphatic heterocycles. The minimum Gasteiger partial charge on any atom is -0.481 e. The highest BCUT2D eigenvalue weighted by atomic mass is 19.1. The summed E-state index contributed by atoms with van der Waals surface area (Å²) < 4.78 is 15.4. The third kappa shape index (κ3) is 2.07. The number of hydrogen-bond donors (Lipinski definition) is 1. The molecule has 2 aromatic rings. The highest BCUT2D eigenvalue weighted by Gasteiger charge is 2.27. The predicted molar refractivity (Wildman–Crippen MR) is 69.6 cm³/mol. The van der Waals surface area contributed by atoms with E-state index in [0.29, 0.717) is 36.3 Å². The first-order valence-corrected chi connectivity index (χ1v) is 6.47. The Morgan fingerprint density at radius 1 is 1.45 bits per heavy atom. The third-order valence-corrected chi connectivity index (χ3v) is 3.73. The average molecular weight is 275 g/mol. The molecule has 0 amide bonds. The van der Waals surface area contributed by atoms with Gasteiger partial charge in [-0.1, -0.05) is 12.1 Å². The fourth-order valence-corrected chi connectivity index (χ4v) is 2.47. The topological polar surface area (TPSA) is 68.0 Å². The van der Waals surface area contributed by atoms with Gasteiger partial charge < -0.3 is 9.67 Å². The third-order valence-electron chi connectivity index (χ3n) is 3.73. The van der Waals surface area contributed by atoms with Crippen LogP contribution in [0.5, 0.6) is 0 Å². The molecule has 0 saturated carbocycles. The molecule has 0 bridgehead atoms. The molecule has 0 saturated heterocycles. The molecule has 1 N–H and O–H groups in total. The average Bonchev–Trinajstić information content (AvgIpc) is 2.84. The molecule has 1 atom stereocenters. The number of hydrogen-bond acceptors (Lipinski definition) is 3. The number of nitrogens with zero attached hydrogens (tertiary/aromatic N) is 3. The lowest BCUT2D eigenvalue weighted by atomic mass is 9.99. The lowest BCUT2D eigenvalue weighted by Gasteiger charge is -2.21. The quantitative estimate of drug-likeness (QED) is 0.910. The van der Waals surface area contributed by atoms with Crippen LogP contribution in [0, 0.1) is 18.7 Å². The molecule has 0 radical (unpaired) electrons. The molecule has 3 rings (SSSR count). The maximum atomic E-state index is 13.7. The SMILES string of the molecule is Cc1ccc(-c2nnc3n2CC(C(=O)O)CC3)cc1F. The summed E-state index contributed by atoms with van der Waals surface area (Å²) in [4.78, 5) is 11.1. The highest BCUT2D eigenvalue weighted by Crippen LogP contribution is 2.26. The highest BCUT2D eigenvalue weighted by molar-refractivity contribution is 5.70. The molecule has 0 aliphatic carbocycles. The van der Waals surface area contributed by atoms with Crippen LogP contribution in [0.4, 0.5) is 4.39 Å². The van der Waals surface area contributed by atoms with Gasteiger partial charge in [0.15, 0.2) is 5.82 Å². The molecule has 1 aromatic carbocycles. The van der Waals surface area contributed by atoms with Gasteiger partial charge in [-0.2, -0.15) is 0 Å². The van der Waals surface area contributed by atoms with E-state index in [0.717, 1.165) is 5.82 Å². The van der Waals surface area contributed by atoms with Crippen molar-refractivity contribution in [1.29, 1.82) is 0 Å². The first-order chi connectivity index (χ1) is 9.56. The van der Waals surface area contributed by atoms with Crippen LogP contribution in [-0.4, -0.2) is 25.8 Å². The van der Waals surface area contributed by atoms with Gasteiger partial charge in [-0.15, -0.1) is 10.2 Å². The number of fused-ring (bicyclic) bond motifs is 1. The summed E-state index contributed by atoms with van der Waals surface area (Å²) in [6.45, 7) is 2.03. The van der Waals surface area contributed by atoms with Gasteiger partial charge in [0.25, 0.3) is 0 Å². The molecular formula is C14H14FN3O2.